The summed E-state index contributed by atoms with van der Waals surface area (Å²) in [6, 6.07) is 27.3. The highest BCUT2D eigenvalue weighted by Crippen LogP contribution is 2.21. The summed E-state index contributed by atoms with van der Waals surface area (Å²) in [6.07, 6.45) is 5.83. The second-order valence-electron chi connectivity index (χ2n) is 8.44. The lowest BCUT2D eigenvalue weighted by Crippen LogP contribution is -2.33. The van der Waals surface area contributed by atoms with Crippen molar-refractivity contribution in [1.29, 1.82) is 0 Å². The quantitative estimate of drug-likeness (QED) is 0.474. The second kappa shape index (κ2) is 12.0. The summed E-state index contributed by atoms with van der Waals surface area (Å²) in [5, 5.41) is 2.97. The van der Waals surface area contributed by atoms with Gasteiger partial charge < -0.3 is 15.0 Å². The Morgan fingerprint density at radius 3 is 2.41 bits per heavy atom. The van der Waals surface area contributed by atoms with E-state index in [2.05, 4.69) is 5.32 Å². The Kier molecular flexibility index (Phi) is 8.25. The third-order valence-electron chi connectivity index (χ3n) is 5.81. The van der Waals surface area contributed by atoms with Crippen LogP contribution in [-0.4, -0.2) is 31.1 Å². The highest BCUT2D eigenvalue weighted by atomic mass is 16.5. The molecular formula is C29H30N2O3. The highest BCUT2D eigenvalue weighted by molar-refractivity contribution is 6.03. The Hall–Kier alpha value is -3.70. The lowest BCUT2D eigenvalue weighted by molar-refractivity contribution is -0.121. The largest absolute Gasteiger partial charge is 0.376 e. The normalized spacial score (nSPS) is 15.4. The number of hydrogen-bond donors (Lipinski definition) is 1. The van der Waals surface area contributed by atoms with Gasteiger partial charge >= 0.3 is 0 Å². The SMILES string of the molecule is O=C(Cc1cccc(N(Cc2ccccc2)C(=O)/C=C/c2ccccc2)c1)NCC1CCCO1. The first-order valence-electron chi connectivity index (χ1n) is 11.7. The molecule has 4 rings (SSSR count). The minimum atomic E-state index is -0.118. The topological polar surface area (TPSA) is 58.6 Å². The predicted octanol–water partition coefficient (Wildman–Crippen LogP) is 4.77. The van der Waals surface area contributed by atoms with Crippen LogP contribution >= 0.6 is 0 Å². The summed E-state index contributed by atoms with van der Waals surface area (Å²) in [6.45, 7) is 1.75. The van der Waals surface area contributed by atoms with Crippen molar-refractivity contribution >= 4 is 23.6 Å². The van der Waals surface area contributed by atoms with Crippen molar-refractivity contribution in [1.82, 2.24) is 5.32 Å². The van der Waals surface area contributed by atoms with Gasteiger partial charge in [-0.2, -0.15) is 0 Å². The molecule has 2 amide bonds. The van der Waals surface area contributed by atoms with E-state index in [0.717, 1.165) is 41.8 Å². The lowest BCUT2D eigenvalue weighted by atomic mass is 10.1. The van der Waals surface area contributed by atoms with Crippen LogP contribution in [0.1, 0.15) is 29.5 Å². The summed E-state index contributed by atoms with van der Waals surface area (Å²) >= 11 is 0. The Labute approximate surface area is 201 Å². The summed E-state index contributed by atoms with van der Waals surface area (Å²) in [4.78, 5) is 27.5. The fraction of sp³-hybridized carbons (Fsp3) is 0.241. The van der Waals surface area contributed by atoms with Crippen molar-refractivity contribution in [3.05, 3.63) is 108 Å². The van der Waals surface area contributed by atoms with Gasteiger partial charge in [0.1, 0.15) is 0 Å². The molecule has 1 atom stereocenters. The van der Waals surface area contributed by atoms with Gasteiger partial charge in [-0.1, -0.05) is 72.8 Å². The maximum absolute atomic E-state index is 13.3. The molecule has 3 aromatic carbocycles. The molecule has 1 aliphatic rings. The smallest absolute Gasteiger partial charge is 0.251 e. The van der Waals surface area contributed by atoms with Crippen molar-refractivity contribution in [2.75, 3.05) is 18.1 Å². The first-order chi connectivity index (χ1) is 16.7. The van der Waals surface area contributed by atoms with E-state index >= 15 is 0 Å². The fourth-order valence-corrected chi connectivity index (χ4v) is 4.00. The second-order valence-corrected chi connectivity index (χ2v) is 8.44. The van der Waals surface area contributed by atoms with Crippen molar-refractivity contribution in [3.8, 4) is 0 Å². The number of ether oxygens (including phenoxy) is 1. The fourth-order valence-electron chi connectivity index (χ4n) is 4.00. The van der Waals surface area contributed by atoms with Gasteiger partial charge in [-0.15, -0.1) is 0 Å². The summed E-state index contributed by atoms with van der Waals surface area (Å²) < 4.78 is 5.58. The molecule has 5 nitrogen and oxygen atoms in total. The molecule has 0 aromatic heterocycles. The molecule has 0 spiro atoms. The van der Waals surface area contributed by atoms with Crippen molar-refractivity contribution < 1.29 is 14.3 Å². The van der Waals surface area contributed by atoms with E-state index in [1.54, 1.807) is 11.0 Å². The zero-order valence-corrected chi connectivity index (χ0v) is 19.2. The van der Waals surface area contributed by atoms with Gasteiger partial charge in [-0.3, -0.25) is 9.59 Å². The number of carbonyl (C=O) groups excluding carboxylic acids is 2. The van der Waals surface area contributed by atoms with Crippen LogP contribution in [0.3, 0.4) is 0 Å². The van der Waals surface area contributed by atoms with Crippen LogP contribution in [0.5, 0.6) is 0 Å². The number of amides is 2. The van der Waals surface area contributed by atoms with E-state index in [1.807, 2.05) is 91.0 Å². The summed E-state index contributed by atoms with van der Waals surface area (Å²) in [5.74, 6) is -0.162. The van der Waals surface area contributed by atoms with Crippen LogP contribution in [-0.2, 0) is 27.3 Å². The number of nitrogens with zero attached hydrogens (tertiary/aromatic N) is 1. The molecule has 174 valence electrons. The Morgan fingerprint density at radius 1 is 0.941 bits per heavy atom. The molecule has 0 bridgehead atoms. The molecule has 34 heavy (non-hydrogen) atoms. The average molecular weight is 455 g/mol. The molecule has 1 unspecified atom stereocenters. The van der Waals surface area contributed by atoms with Crippen molar-refractivity contribution in [3.63, 3.8) is 0 Å². The Morgan fingerprint density at radius 2 is 1.68 bits per heavy atom. The molecule has 3 aromatic rings. The molecule has 5 heteroatoms. The molecule has 1 fully saturated rings. The number of rotatable bonds is 9. The predicted molar refractivity (Wildman–Crippen MR) is 135 cm³/mol. The number of benzene rings is 3. The monoisotopic (exact) mass is 454 g/mol. The van der Waals surface area contributed by atoms with Crippen LogP contribution in [0.25, 0.3) is 6.08 Å². The van der Waals surface area contributed by atoms with E-state index in [0.29, 0.717) is 13.1 Å². The third kappa shape index (κ3) is 6.90. The van der Waals surface area contributed by atoms with Gasteiger partial charge in [0.2, 0.25) is 5.91 Å². The summed E-state index contributed by atoms with van der Waals surface area (Å²) in [7, 11) is 0. The zero-order valence-electron chi connectivity index (χ0n) is 19.2. The van der Waals surface area contributed by atoms with Crippen molar-refractivity contribution in [2.24, 2.45) is 0 Å². The molecule has 0 saturated carbocycles. The van der Waals surface area contributed by atoms with Gasteiger partial charge in [0, 0.05) is 24.9 Å². The third-order valence-corrected chi connectivity index (χ3v) is 5.81. The molecule has 0 aliphatic carbocycles. The average Bonchev–Trinajstić information content (AvgIpc) is 3.40. The first-order valence-corrected chi connectivity index (χ1v) is 11.7. The van der Waals surface area contributed by atoms with Crippen LogP contribution in [0.4, 0.5) is 5.69 Å². The molecular weight excluding hydrogens is 424 g/mol. The molecule has 1 heterocycles. The van der Waals surface area contributed by atoms with Crippen LogP contribution in [0.15, 0.2) is 91.0 Å². The molecule has 1 aliphatic heterocycles. The number of carbonyl (C=O) groups is 2. The molecule has 1 saturated heterocycles. The number of anilines is 1. The zero-order chi connectivity index (χ0) is 23.6. The molecule has 0 radical (unpaired) electrons. The standard InChI is InChI=1S/C29H30N2O3/c32-28(30-21-27-15-8-18-34-27)20-25-13-7-14-26(19-25)31(22-24-11-5-2-6-12-24)29(33)17-16-23-9-3-1-4-10-23/h1-7,9-14,16-17,19,27H,8,15,18,20-22H2,(H,30,32)/b17-16+. The van der Waals surface area contributed by atoms with E-state index in [-0.39, 0.29) is 24.3 Å². The van der Waals surface area contributed by atoms with Gasteiger partial charge in [0.05, 0.1) is 19.1 Å². The minimum absolute atomic E-state index is 0.0439. The van der Waals surface area contributed by atoms with E-state index in [4.69, 9.17) is 4.74 Å². The van der Waals surface area contributed by atoms with Crippen LogP contribution in [0, 0.1) is 0 Å². The van der Waals surface area contributed by atoms with Crippen molar-refractivity contribution in [2.45, 2.75) is 31.9 Å². The highest BCUT2D eigenvalue weighted by Gasteiger charge is 2.17. The maximum Gasteiger partial charge on any atom is 0.251 e. The Balaban J connectivity index is 1.49. The Bertz CT molecular complexity index is 1110. The maximum atomic E-state index is 13.3. The van der Waals surface area contributed by atoms with E-state index in [1.165, 1.54) is 0 Å². The minimum Gasteiger partial charge on any atom is -0.376 e. The summed E-state index contributed by atoms with van der Waals surface area (Å²) in [5.41, 5.74) is 3.62. The number of nitrogens with one attached hydrogen (secondary N) is 1. The van der Waals surface area contributed by atoms with E-state index in [9.17, 15) is 9.59 Å². The van der Waals surface area contributed by atoms with Gasteiger partial charge in [0.15, 0.2) is 0 Å². The van der Waals surface area contributed by atoms with Crippen LogP contribution < -0.4 is 10.2 Å². The van der Waals surface area contributed by atoms with Gasteiger partial charge in [0.25, 0.3) is 5.91 Å². The van der Waals surface area contributed by atoms with Crippen LogP contribution in [0.2, 0.25) is 0 Å². The first kappa shape index (κ1) is 23.5. The lowest BCUT2D eigenvalue weighted by Gasteiger charge is -2.22. The van der Waals surface area contributed by atoms with Gasteiger partial charge in [-0.05, 0) is 47.7 Å². The number of hydrogen-bond acceptors (Lipinski definition) is 3. The van der Waals surface area contributed by atoms with E-state index < -0.39 is 0 Å². The molecule has 1 N–H and O–H groups in total. The van der Waals surface area contributed by atoms with Gasteiger partial charge in [-0.25, -0.2) is 0 Å².